The first-order chi connectivity index (χ1) is 8.80. The van der Waals surface area contributed by atoms with Gasteiger partial charge in [-0.05, 0) is 35.2 Å². The van der Waals surface area contributed by atoms with E-state index >= 15 is 0 Å². The zero-order valence-corrected chi connectivity index (χ0v) is 10.6. The summed E-state index contributed by atoms with van der Waals surface area (Å²) in [4.78, 5) is 0. The fraction of sp³-hybridized carbons (Fsp3) is 0.188. The fourth-order valence-corrected chi connectivity index (χ4v) is 2.04. The zero-order valence-electron chi connectivity index (χ0n) is 10.6. The molecule has 0 radical (unpaired) electrons. The van der Waals surface area contributed by atoms with Crippen LogP contribution in [0.3, 0.4) is 0 Å². The highest BCUT2D eigenvalue weighted by Gasteiger charge is 2.08. The lowest BCUT2D eigenvalue weighted by Gasteiger charge is -2.09. The van der Waals surface area contributed by atoms with Crippen molar-refractivity contribution in [1.82, 2.24) is 0 Å². The predicted octanol–water partition coefficient (Wildman–Crippen LogP) is 3.80. The Morgan fingerprint density at radius 2 is 1.83 bits per heavy atom. The van der Waals surface area contributed by atoms with Crippen molar-refractivity contribution in [2.24, 2.45) is 0 Å². The summed E-state index contributed by atoms with van der Waals surface area (Å²) in [7, 11) is 1.65. The summed E-state index contributed by atoms with van der Waals surface area (Å²) in [5, 5.41) is 9.32. The van der Waals surface area contributed by atoms with Gasteiger partial charge in [-0.15, -0.1) is 0 Å². The smallest absolute Gasteiger partial charge is 0.118 e. The minimum Gasteiger partial charge on any atom is -0.497 e. The molecule has 0 heterocycles. The zero-order chi connectivity index (χ0) is 13.0. The van der Waals surface area contributed by atoms with Crippen molar-refractivity contribution in [3.05, 3.63) is 53.6 Å². The maximum atomic E-state index is 9.32. The molecule has 0 saturated heterocycles. The quantitative estimate of drug-likeness (QED) is 0.813. The van der Waals surface area contributed by atoms with Crippen molar-refractivity contribution in [3.8, 4) is 22.9 Å². The average molecular weight is 237 g/mol. The first-order valence-electron chi connectivity index (χ1n) is 5.96. The minimum atomic E-state index is 0.769. The van der Waals surface area contributed by atoms with Gasteiger partial charge in [-0.25, -0.2) is 0 Å². The highest BCUT2D eigenvalue weighted by molar-refractivity contribution is 5.72. The summed E-state index contributed by atoms with van der Waals surface area (Å²) < 4.78 is 5.14. The lowest BCUT2D eigenvalue weighted by molar-refractivity contribution is 0.415. The van der Waals surface area contributed by atoms with Gasteiger partial charge in [-0.3, -0.25) is 0 Å². The monoisotopic (exact) mass is 237 g/mol. The van der Waals surface area contributed by atoms with Crippen molar-refractivity contribution in [2.75, 3.05) is 7.11 Å². The van der Waals surface area contributed by atoms with Crippen LogP contribution in [0.2, 0.25) is 0 Å². The SMILES string of the molecule is CCc1cccc(-c2ccc(OC)cc2)c1C#N. The second-order valence-electron chi connectivity index (χ2n) is 4.03. The lowest BCUT2D eigenvalue weighted by Crippen LogP contribution is -1.92. The number of methoxy groups -OCH3 is 1. The predicted molar refractivity (Wildman–Crippen MR) is 72.5 cm³/mol. The van der Waals surface area contributed by atoms with Crippen molar-refractivity contribution >= 4 is 0 Å². The van der Waals surface area contributed by atoms with Crippen LogP contribution in [0, 0.1) is 11.3 Å². The van der Waals surface area contributed by atoms with E-state index in [1.54, 1.807) is 7.11 Å². The molecule has 18 heavy (non-hydrogen) atoms. The van der Waals surface area contributed by atoms with Crippen LogP contribution in [0.25, 0.3) is 11.1 Å². The molecule has 2 aromatic carbocycles. The van der Waals surface area contributed by atoms with E-state index < -0.39 is 0 Å². The van der Waals surface area contributed by atoms with Gasteiger partial charge in [0.05, 0.1) is 12.7 Å². The Hall–Kier alpha value is -2.27. The Labute approximate surface area is 107 Å². The van der Waals surface area contributed by atoms with Crippen LogP contribution in [-0.2, 0) is 6.42 Å². The normalized spacial score (nSPS) is 9.83. The summed E-state index contributed by atoms with van der Waals surface area (Å²) in [5.41, 5.74) is 3.89. The van der Waals surface area contributed by atoms with E-state index in [1.165, 1.54) is 0 Å². The van der Waals surface area contributed by atoms with E-state index in [0.717, 1.165) is 34.4 Å². The molecule has 0 bridgehead atoms. The molecule has 0 N–H and O–H groups in total. The van der Waals surface area contributed by atoms with E-state index in [4.69, 9.17) is 4.74 Å². The van der Waals surface area contributed by atoms with Gasteiger partial charge in [0.2, 0.25) is 0 Å². The maximum absolute atomic E-state index is 9.32. The van der Waals surface area contributed by atoms with E-state index in [1.807, 2.05) is 42.5 Å². The van der Waals surface area contributed by atoms with Gasteiger partial charge in [0.15, 0.2) is 0 Å². The van der Waals surface area contributed by atoms with Gasteiger partial charge >= 0.3 is 0 Å². The second kappa shape index (κ2) is 5.37. The number of benzene rings is 2. The molecular weight excluding hydrogens is 222 g/mol. The molecule has 2 heteroatoms. The molecule has 0 spiro atoms. The molecule has 2 nitrogen and oxygen atoms in total. The third-order valence-electron chi connectivity index (χ3n) is 3.04. The number of ether oxygens (including phenoxy) is 1. The molecular formula is C16H15NO. The number of nitriles is 1. The number of hydrogen-bond donors (Lipinski definition) is 0. The molecule has 0 unspecified atom stereocenters. The van der Waals surface area contributed by atoms with Crippen LogP contribution in [0.5, 0.6) is 5.75 Å². The van der Waals surface area contributed by atoms with Gasteiger partial charge in [-0.1, -0.05) is 37.3 Å². The van der Waals surface area contributed by atoms with E-state index in [-0.39, 0.29) is 0 Å². The number of rotatable bonds is 3. The molecule has 0 aliphatic rings. The minimum absolute atomic E-state index is 0.769. The maximum Gasteiger partial charge on any atom is 0.118 e. The van der Waals surface area contributed by atoms with Gasteiger partial charge in [0, 0.05) is 0 Å². The molecule has 0 aromatic heterocycles. The summed E-state index contributed by atoms with van der Waals surface area (Å²) in [6.45, 7) is 2.06. The number of hydrogen-bond acceptors (Lipinski definition) is 2. The largest absolute Gasteiger partial charge is 0.497 e. The van der Waals surface area contributed by atoms with Gasteiger partial charge in [0.1, 0.15) is 11.8 Å². The number of nitrogens with zero attached hydrogens (tertiary/aromatic N) is 1. The fourth-order valence-electron chi connectivity index (χ4n) is 2.04. The first kappa shape index (κ1) is 12.2. The highest BCUT2D eigenvalue weighted by Crippen LogP contribution is 2.27. The highest BCUT2D eigenvalue weighted by atomic mass is 16.5. The standard InChI is InChI=1S/C16H15NO/c1-3-12-5-4-6-15(16(12)11-17)13-7-9-14(18-2)10-8-13/h4-10H,3H2,1-2H3. The van der Waals surface area contributed by atoms with Gasteiger partial charge < -0.3 is 4.74 Å². The molecule has 0 saturated carbocycles. The average Bonchev–Trinajstić information content (AvgIpc) is 2.46. The molecule has 2 aromatic rings. The summed E-state index contributed by atoms with van der Waals surface area (Å²) in [6.07, 6.45) is 0.868. The molecule has 90 valence electrons. The third kappa shape index (κ3) is 2.21. The van der Waals surface area contributed by atoms with Crippen LogP contribution in [0.4, 0.5) is 0 Å². The molecule has 0 fully saturated rings. The number of aryl methyl sites for hydroxylation is 1. The summed E-state index contributed by atoms with van der Waals surface area (Å²) >= 11 is 0. The van der Waals surface area contributed by atoms with E-state index in [9.17, 15) is 5.26 Å². The molecule has 2 rings (SSSR count). The molecule has 0 aliphatic carbocycles. The van der Waals surface area contributed by atoms with E-state index in [0.29, 0.717) is 0 Å². The van der Waals surface area contributed by atoms with Crippen molar-refractivity contribution in [3.63, 3.8) is 0 Å². The topological polar surface area (TPSA) is 33.0 Å². The van der Waals surface area contributed by atoms with Crippen LogP contribution < -0.4 is 4.74 Å². The van der Waals surface area contributed by atoms with Gasteiger partial charge in [-0.2, -0.15) is 5.26 Å². The first-order valence-corrected chi connectivity index (χ1v) is 5.96. The lowest BCUT2D eigenvalue weighted by atomic mass is 9.95. The van der Waals surface area contributed by atoms with Crippen LogP contribution in [-0.4, -0.2) is 7.11 Å². The summed E-state index contributed by atoms with van der Waals surface area (Å²) in [5.74, 6) is 0.823. The Kier molecular flexibility index (Phi) is 3.64. The second-order valence-corrected chi connectivity index (χ2v) is 4.03. The Bertz CT molecular complexity index is 579. The Balaban J connectivity index is 2.53. The third-order valence-corrected chi connectivity index (χ3v) is 3.04. The van der Waals surface area contributed by atoms with E-state index in [2.05, 4.69) is 13.0 Å². The molecule has 0 aliphatic heterocycles. The Morgan fingerprint density at radius 3 is 2.39 bits per heavy atom. The van der Waals surface area contributed by atoms with Crippen molar-refractivity contribution < 1.29 is 4.74 Å². The van der Waals surface area contributed by atoms with Crippen molar-refractivity contribution in [2.45, 2.75) is 13.3 Å². The Morgan fingerprint density at radius 1 is 1.11 bits per heavy atom. The molecule has 0 amide bonds. The summed E-state index contributed by atoms with van der Waals surface area (Å²) in [6, 6.07) is 16.1. The van der Waals surface area contributed by atoms with Crippen molar-refractivity contribution in [1.29, 1.82) is 5.26 Å². The van der Waals surface area contributed by atoms with Crippen LogP contribution in [0.15, 0.2) is 42.5 Å². The van der Waals surface area contributed by atoms with Crippen LogP contribution >= 0.6 is 0 Å². The molecule has 0 atom stereocenters. The van der Waals surface area contributed by atoms with Crippen LogP contribution in [0.1, 0.15) is 18.1 Å². The van der Waals surface area contributed by atoms with Gasteiger partial charge in [0.25, 0.3) is 0 Å².